The summed E-state index contributed by atoms with van der Waals surface area (Å²) in [6, 6.07) is 9.30. The standard InChI is InChI=1S/C19H30N4O/c1-3-19(11-7-12-19)15-23-18(20-2)22-14-8-13-21-17(24)16-9-5-4-6-10-16/h4-6,9-10H,3,7-8,11-15H2,1-2H3,(H,21,24)(H2,20,22,23). The maximum atomic E-state index is 11.9. The Morgan fingerprint density at radius 1 is 1.12 bits per heavy atom. The Kier molecular flexibility index (Phi) is 7.09. The van der Waals surface area contributed by atoms with Crippen LogP contribution in [0.1, 0.15) is 49.4 Å². The number of amides is 1. The first-order valence-corrected chi connectivity index (χ1v) is 8.97. The van der Waals surface area contributed by atoms with Crippen molar-refractivity contribution in [1.29, 1.82) is 0 Å². The summed E-state index contributed by atoms with van der Waals surface area (Å²) in [6.07, 6.45) is 6.07. The topological polar surface area (TPSA) is 65.5 Å². The van der Waals surface area contributed by atoms with Crippen molar-refractivity contribution < 1.29 is 4.79 Å². The second-order valence-electron chi connectivity index (χ2n) is 6.54. The molecule has 0 radical (unpaired) electrons. The van der Waals surface area contributed by atoms with E-state index in [0.29, 0.717) is 17.5 Å². The van der Waals surface area contributed by atoms with Gasteiger partial charge >= 0.3 is 0 Å². The Hall–Kier alpha value is -2.04. The molecule has 0 heterocycles. The van der Waals surface area contributed by atoms with Gasteiger partial charge in [0.1, 0.15) is 0 Å². The maximum Gasteiger partial charge on any atom is 0.251 e. The molecule has 0 bridgehead atoms. The van der Waals surface area contributed by atoms with E-state index in [1.165, 1.54) is 25.7 Å². The normalized spacial score (nSPS) is 16.2. The molecule has 1 aliphatic carbocycles. The van der Waals surface area contributed by atoms with Gasteiger partial charge in [0.25, 0.3) is 5.91 Å². The highest BCUT2D eigenvalue weighted by Gasteiger charge is 2.34. The smallest absolute Gasteiger partial charge is 0.251 e. The summed E-state index contributed by atoms with van der Waals surface area (Å²) in [4.78, 5) is 16.2. The minimum Gasteiger partial charge on any atom is -0.356 e. The molecular weight excluding hydrogens is 300 g/mol. The van der Waals surface area contributed by atoms with Crippen molar-refractivity contribution in [2.75, 3.05) is 26.7 Å². The number of aliphatic imine (C=N–C) groups is 1. The van der Waals surface area contributed by atoms with E-state index in [0.717, 1.165) is 25.5 Å². The van der Waals surface area contributed by atoms with Gasteiger partial charge in [0.2, 0.25) is 0 Å². The predicted molar refractivity (Wildman–Crippen MR) is 99.3 cm³/mol. The van der Waals surface area contributed by atoms with Crippen molar-refractivity contribution in [2.24, 2.45) is 10.4 Å². The van der Waals surface area contributed by atoms with E-state index >= 15 is 0 Å². The highest BCUT2D eigenvalue weighted by Crippen LogP contribution is 2.42. The lowest BCUT2D eigenvalue weighted by Crippen LogP contribution is -2.46. The molecule has 3 N–H and O–H groups in total. The third kappa shape index (κ3) is 5.25. The van der Waals surface area contributed by atoms with Crippen LogP contribution in [0.3, 0.4) is 0 Å². The molecule has 0 aromatic heterocycles. The van der Waals surface area contributed by atoms with E-state index in [4.69, 9.17) is 0 Å². The number of hydrogen-bond donors (Lipinski definition) is 3. The monoisotopic (exact) mass is 330 g/mol. The van der Waals surface area contributed by atoms with Crippen LogP contribution in [0.4, 0.5) is 0 Å². The minimum atomic E-state index is -0.0204. The van der Waals surface area contributed by atoms with Crippen LogP contribution in [0.5, 0.6) is 0 Å². The number of carbonyl (C=O) groups is 1. The van der Waals surface area contributed by atoms with Crippen molar-refractivity contribution in [3.63, 3.8) is 0 Å². The zero-order valence-electron chi connectivity index (χ0n) is 14.9. The lowest BCUT2D eigenvalue weighted by molar-refractivity contribution is 0.0953. The van der Waals surface area contributed by atoms with Gasteiger partial charge in [-0.15, -0.1) is 0 Å². The van der Waals surface area contributed by atoms with E-state index in [1.54, 1.807) is 7.05 Å². The van der Waals surface area contributed by atoms with Crippen LogP contribution >= 0.6 is 0 Å². The van der Waals surface area contributed by atoms with Gasteiger partial charge in [-0.1, -0.05) is 31.5 Å². The summed E-state index contributed by atoms with van der Waals surface area (Å²) in [7, 11) is 1.80. The number of nitrogens with one attached hydrogen (secondary N) is 3. The Balaban J connectivity index is 1.59. The molecule has 1 aliphatic rings. The molecule has 0 spiro atoms. The molecule has 1 aromatic rings. The first kappa shape index (κ1) is 18.3. The molecule has 1 amide bonds. The van der Waals surface area contributed by atoms with Gasteiger partial charge in [0.15, 0.2) is 5.96 Å². The average molecular weight is 330 g/mol. The molecule has 1 fully saturated rings. The molecule has 24 heavy (non-hydrogen) atoms. The highest BCUT2D eigenvalue weighted by atomic mass is 16.1. The summed E-state index contributed by atoms with van der Waals surface area (Å²) in [6.45, 7) is 4.70. The van der Waals surface area contributed by atoms with E-state index in [1.807, 2.05) is 30.3 Å². The summed E-state index contributed by atoms with van der Waals surface area (Å²) in [5, 5.41) is 9.69. The van der Waals surface area contributed by atoms with Crippen LogP contribution in [0.25, 0.3) is 0 Å². The van der Waals surface area contributed by atoms with Gasteiger partial charge in [-0.3, -0.25) is 9.79 Å². The summed E-state index contributed by atoms with van der Waals surface area (Å²) >= 11 is 0. The van der Waals surface area contributed by atoms with E-state index < -0.39 is 0 Å². The van der Waals surface area contributed by atoms with Gasteiger partial charge in [-0.05, 0) is 43.2 Å². The fraction of sp³-hybridized carbons (Fsp3) is 0.579. The largest absolute Gasteiger partial charge is 0.356 e. The highest BCUT2D eigenvalue weighted by molar-refractivity contribution is 5.94. The van der Waals surface area contributed by atoms with Crippen molar-refractivity contribution in [3.8, 4) is 0 Å². The average Bonchev–Trinajstić information content (AvgIpc) is 2.59. The lowest BCUT2D eigenvalue weighted by Gasteiger charge is -2.41. The Bertz CT molecular complexity index is 532. The van der Waals surface area contributed by atoms with Gasteiger partial charge in [-0.2, -0.15) is 0 Å². The maximum absolute atomic E-state index is 11.9. The van der Waals surface area contributed by atoms with Crippen LogP contribution in [-0.4, -0.2) is 38.5 Å². The van der Waals surface area contributed by atoms with Gasteiger partial charge < -0.3 is 16.0 Å². The van der Waals surface area contributed by atoms with Crippen molar-refractivity contribution in [2.45, 2.75) is 39.0 Å². The number of hydrogen-bond acceptors (Lipinski definition) is 2. The Morgan fingerprint density at radius 3 is 2.42 bits per heavy atom. The van der Waals surface area contributed by atoms with Crippen LogP contribution in [0, 0.1) is 5.41 Å². The fourth-order valence-electron chi connectivity index (χ4n) is 3.01. The van der Waals surface area contributed by atoms with Gasteiger partial charge in [0.05, 0.1) is 0 Å². The van der Waals surface area contributed by atoms with Crippen LogP contribution in [0.2, 0.25) is 0 Å². The SMILES string of the molecule is CCC1(CNC(=NC)NCCCNC(=O)c2ccccc2)CCC1. The van der Waals surface area contributed by atoms with Crippen LogP contribution < -0.4 is 16.0 Å². The van der Waals surface area contributed by atoms with Crippen LogP contribution in [-0.2, 0) is 0 Å². The summed E-state index contributed by atoms with van der Waals surface area (Å²) in [5.41, 5.74) is 1.18. The van der Waals surface area contributed by atoms with Crippen LogP contribution in [0.15, 0.2) is 35.3 Å². The molecule has 5 heteroatoms. The van der Waals surface area contributed by atoms with Crippen molar-refractivity contribution in [3.05, 3.63) is 35.9 Å². The molecule has 0 unspecified atom stereocenters. The van der Waals surface area contributed by atoms with Gasteiger partial charge in [-0.25, -0.2) is 0 Å². The third-order valence-corrected chi connectivity index (χ3v) is 4.99. The molecule has 0 aliphatic heterocycles. The van der Waals surface area contributed by atoms with E-state index in [2.05, 4.69) is 27.9 Å². The first-order chi connectivity index (χ1) is 11.7. The van der Waals surface area contributed by atoms with Gasteiger partial charge in [0, 0.05) is 32.2 Å². The predicted octanol–water partition coefficient (Wildman–Crippen LogP) is 2.55. The zero-order valence-corrected chi connectivity index (χ0v) is 14.9. The number of rotatable bonds is 8. The first-order valence-electron chi connectivity index (χ1n) is 8.97. The number of guanidine groups is 1. The van der Waals surface area contributed by atoms with Crippen molar-refractivity contribution >= 4 is 11.9 Å². The molecule has 132 valence electrons. The second kappa shape index (κ2) is 9.30. The third-order valence-electron chi connectivity index (χ3n) is 4.99. The molecule has 1 aromatic carbocycles. The summed E-state index contributed by atoms with van der Waals surface area (Å²) < 4.78 is 0. The molecule has 5 nitrogen and oxygen atoms in total. The molecule has 0 saturated heterocycles. The zero-order chi connectivity index (χ0) is 17.3. The number of carbonyl (C=O) groups excluding carboxylic acids is 1. The Labute approximate surface area is 145 Å². The van der Waals surface area contributed by atoms with E-state index in [9.17, 15) is 4.79 Å². The lowest BCUT2D eigenvalue weighted by atomic mass is 9.67. The number of nitrogens with zero attached hydrogens (tertiary/aromatic N) is 1. The Morgan fingerprint density at radius 2 is 1.83 bits per heavy atom. The second-order valence-corrected chi connectivity index (χ2v) is 6.54. The quantitative estimate of drug-likeness (QED) is 0.390. The fourth-order valence-corrected chi connectivity index (χ4v) is 3.01. The summed E-state index contributed by atoms with van der Waals surface area (Å²) in [5.74, 6) is 0.831. The molecular formula is C19H30N4O. The van der Waals surface area contributed by atoms with Crippen molar-refractivity contribution in [1.82, 2.24) is 16.0 Å². The molecule has 0 atom stereocenters. The number of benzene rings is 1. The molecule has 2 rings (SSSR count). The molecule has 1 saturated carbocycles. The minimum absolute atomic E-state index is 0.0204. The van der Waals surface area contributed by atoms with E-state index in [-0.39, 0.29) is 5.91 Å².